The van der Waals surface area contributed by atoms with Crippen molar-refractivity contribution in [2.24, 2.45) is 0 Å². The smallest absolute Gasteiger partial charge is 0.327 e. The minimum Gasteiger partial charge on any atom is -0.480 e. The van der Waals surface area contributed by atoms with Crippen LogP contribution in [0, 0.1) is 12.3 Å². The van der Waals surface area contributed by atoms with Crippen LogP contribution in [0.4, 0.5) is 4.79 Å². The van der Waals surface area contributed by atoms with E-state index in [1.165, 1.54) is 11.3 Å². The Morgan fingerprint density at radius 3 is 2.88 bits per heavy atom. The molecule has 90 valence electrons. The number of rotatable bonds is 5. The molecule has 0 aliphatic heterocycles. The van der Waals surface area contributed by atoms with Gasteiger partial charge in [-0.3, -0.25) is 0 Å². The fraction of sp³-hybridized carbons (Fsp3) is 0.273. The monoisotopic (exact) mass is 252 g/mol. The predicted octanol–water partition coefficient (Wildman–Crippen LogP) is 1.02. The first kappa shape index (κ1) is 13.1. The number of hydrogen-bond donors (Lipinski definition) is 3. The molecule has 6 heteroatoms. The normalized spacial score (nSPS) is 11.2. The summed E-state index contributed by atoms with van der Waals surface area (Å²) >= 11 is 1.51. The van der Waals surface area contributed by atoms with Crippen molar-refractivity contribution in [2.45, 2.75) is 19.0 Å². The number of terminal acetylenes is 1. The van der Waals surface area contributed by atoms with Crippen LogP contribution in [0.3, 0.4) is 0 Å². The molecular formula is C11H12N2O3S. The first-order valence-electron chi connectivity index (χ1n) is 4.86. The number of thiophene rings is 1. The third-order valence-corrected chi connectivity index (χ3v) is 2.81. The third kappa shape index (κ3) is 4.57. The lowest BCUT2D eigenvalue weighted by Crippen LogP contribution is -2.45. The van der Waals surface area contributed by atoms with Gasteiger partial charge in [0.1, 0.15) is 6.04 Å². The van der Waals surface area contributed by atoms with Gasteiger partial charge >= 0.3 is 12.0 Å². The van der Waals surface area contributed by atoms with Crippen LogP contribution < -0.4 is 10.6 Å². The molecular weight excluding hydrogens is 240 g/mol. The predicted molar refractivity (Wildman–Crippen MR) is 64.6 cm³/mol. The standard InChI is InChI=1S/C11H12N2O3S/c1-2-4-9(10(14)15)13-11(16)12-7-8-5-3-6-17-8/h1,3,5-6,9H,4,7H2,(H,14,15)(H2,12,13,16). The number of carbonyl (C=O) groups is 2. The maximum Gasteiger partial charge on any atom is 0.327 e. The third-order valence-electron chi connectivity index (χ3n) is 1.93. The van der Waals surface area contributed by atoms with Crippen molar-refractivity contribution in [2.75, 3.05) is 0 Å². The molecule has 1 aromatic rings. The zero-order chi connectivity index (χ0) is 12.7. The molecule has 0 fully saturated rings. The minimum absolute atomic E-state index is 0.0399. The summed E-state index contributed by atoms with van der Waals surface area (Å²) in [6, 6.07) is 2.16. The molecule has 17 heavy (non-hydrogen) atoms. The van der Waals surface area contributed by atoms with Gasteiger partial charge in [0.15, 0.2) is 0 Å². The second kappa shape index (κ2) is 6.55. The summed E-state index contributed by atoms with van der Waals surface area (Å²) in [5.74, 6) is 1.06. The summed E-state index contributed by atoms with van der Waals surface area (Å²) in [6.45, 7) is 0.367. The minimum atomic E-state index is -1.14. The molecule has 1 heterocycles. The van der Waals surface area contributed by atoms with Gasteiger partial charge in [-0.05, 0) is 11.4 Å². The highest BCUT2D eigenvalue weighted by atomic mass is 32.1. The number of carboxylic acid groups (broad SMARTS) is 1. The van der Waals surface area contributed by atoms with E-state index in [1.807, 2.05) is 17.5 Å². The van der Waals surface area contributed by atoms with Gasteiger partial charge in [0.05, 0.1) is 6.54 Å². The number of carbonyl (C=O) groups excluding carboxylic acids is 1. The average Bonchev–Trinajstić information content (AvgIpc) is 2.78. The van der Waals surface area contributed by atoms with E-state index in [0.29, 0.717) is 6.54 Å². The Kier molecular flexibility index (Phi) is 5.04. The Hall–Kier alpha value is -2.00. The first-order valence-corrected chi connectivity index (χ1v) is 5.74. The van der Waals surface area contributed by atoms with E-state index in [2.05, 4.69) is 16.6 Å². The molecule has 0 saturated heterocycles. The van der Waals surface area contributed by atoms with Gasteiger partial charge in [0.25, 0.3) is 0 Å². The van der Waals surface area contributed by atoms with Gasteiger partial charge in [-0.2, -0.15) is 0 Å². The van der Waals surface area contributed by atoms with E-state index in [0.717, 1.165) is 4.88 Å². The van der Waals surface area contributed by atoms with Crippen molar-refractivity contribution < 1.29 is 14.7 Å². The van der Waals surface area contributed by atoms with Gasteiger partial charge in [-0.15, -0.1) is 23.7 Å². The van der Waals surface area contributed by atoms with E-state index in [4.69, 9.17) is 11.5 Å². The SMILES string of the molecule is C#CCC(NC(=O)NCc1cccs1)C(=O)O. The van der Waals surface area contributed by atoms with Crippen molar-refractivity contribution >= 4 is 23.3 Å². The molecule has 1 aromatic heterocycles. The Balaban J connectivity index is 2.37. The summed E-state index contributed by atoms with van der Waals surface area (Å²) in [4.78, 5) is 23.1. The molecule has 0 spiro atoms. The van der Waals surface area contributed by atoms with Crippen molar-refractivity contribution in [1.29, 1.82) is 0 Å². The fourth-order valence-corrected chi connectivity index (χ4v) is 1.75. The van der Waals surface area contributed by atoms with Crippen molar-refractivity contribution in [3.8, 4) is 12.3 Å². The summed E-state index contributed by atoms with van der Waals surface area (Å²) in [5, 5.41) is 15.5. The highest BCUT2D eigenvalue weighted by Gasteiger charge is 2.18. The zero-order valence-corrected chi connectivity index (χ0v) is 9.79. The van der Waals surface area contributed by atoms with Gasteiger partial charge in [0.2, 0.25) is 0 Å². The molecule has 0 aliphatic rings. The van der Waals surface area contributed by atoms with Gasteiger partial charge in [-0.25, -0.2) is 9.59 Å². The molecule has 5 nitrogen and oxygen atoms in total. The summed E-state index contributed by atoms with van der Waals surface area (Å²) in [6.07, 6.45) is 4.97. The van der Waals surface area contributed by atoms with Crippen LogP contribution in [0.1, 0.15) is 11.3 Å². The molecule has 1 atom stereocenters. The maximum absolute atomic E-state index is 11.4. The lowest BCUT2D eigenvalue weighted by Gasteiger charge is -2.12. The number of aliphatic carboxylic acids is 1. The van der Waals surface area contributed by atoms with Crippen LogP contribution in [-0.4, -0.2) is 23.1 Å². The molecule has 0 aliphatic carbocycles. The fourth-order valence-electron chi connectivity index (χ4n) is 1.11. The second-order valence-corrected chi connectivity index (χ2v) is 4.24. The van der Waals surface area contributed by atoms with E-state index < -0.39 is 18.0 Å². The van der Waals surface area contributed by atoms with Gasteiger partial charge < -0.3 is 15.7 Å². The number of urea groups is 1. The number of carboxylic acids is 1. The Morgan fingerprint density at radius 2 is 2.35 bits per heavy atom. The van der Waals surface area contributed by atoms with E-state index in [9.17, 15) is 9.59 Å². The molecule has 1 rings (SSSR count). The van der Waals surface area contributed by atoms with Crippen LogP contribution in [-0.2, 0) is 11.3 Å². The topological polar surface area (TPSA) is 78.4 Å². The van der Waals surface area contributed by atoms with Gasteiger partial charge in [0, 0.05) is 11.3 Å². The van der Waals surface area contributed by atoms with Crippen molar-refractivity contribution in [3.63, 3.8) is 0 Å². The van der Waals surface area contributed by atoms with E-state index in [-0.39, 0.29) is 6.42 Å². The first-order chi connectivity index (χ1) is 8.13. The molecule has 3 N–H and O–H groups in total. The summed E-state index contributed by atoms with van der Waals surface area (Å²) in [5.41, 5.74) is 0. The van der Waals surface area contributed by atoms with Crippen LogP contribution in [0.15, 0.2) is 17.5 Å². The van der Waals surface area contributed by atoms with Crippen LogP contribution in [0.5, 0.6) is 0 Å². The molecule has 1 unspecified atom stereocenters. The highest BCUT2D eigenvalue weighted by molar-refractivity contribution is 7.09. The van der Waals surface area contributed by atoms with Crippen molar-refractivity contribution in [1.82, 2.24) is 10.6 Å². The van der Waals surface area contributed by atoms with E-state index in [1.54, 1.807) is 0 Å². The van der Waals surface area contributed by atoms with E-state index >= 15 is 0 Å². The quantitative estimate of drug-likeness (QED) is 0.685. The average molecular weight is 252 g/mol. The molecule has 2 amide bonds. The summed E-state index contributed by atoms with van der Waals surface area (Å²) in [7, 11) is 0. The van der Waals surface area contributed by atoms with Crippen LogP contribution in [0.25, 0.3) is 0 Å². The largest absolute Gasteiger partial charge is 0.480 e. The van der Waals surface area contributed by atoms with Gasteiger partial charge in [-0.1, -0.05) is 6.07 Å². The number of hydrogen-bond acceptors (Lipinski definition) is 3. The molecule has 0 radical (unpaired) electrons. The lowest BCUT2D eigenvalue weighted by molar-refractivity contribution is -0.139. The van der Waals surface area contributed by atoms with Crippen molar-refractivity contribution in [3.05, 3.63) is 22.4 Å². The Morgan fingerprint density at radius 1 is 1.59 bits per heavy atom. The maximum atomic E-state index is 11.4. The molecule has 0 saturated carbocycles. The Bertz CT molecular complexity index is 422. The number of amides is 2. The lowest BCUT2D eigenvalue weighted by atomic mass is 10.2. The summed E-state index contributed by atoms with van der Waals surface area (Å²) < 4.78 is 0. The molecule has 0 aromatic carbocycles. The van der Waals surface area contributed by atoms with Crippen LogP contribution >= 0.6 is 11.3 Å². The van der Waals surface area contributed by atoms with Crippen LogP contribution in [0.2, 0.25) is 0 Å². The highest BCUT2D eigenvalue weighted by Crippen LogP contribution is 2.07. The zero-order valence-electron chi connectivity index (χ0n) is 8.97. The number of nitrogens with one attached hydrogen (secondary N) is 2. The molecule has 0 bridgehead atoms. The Labute approximate surface area is 103 Å². The second-order valence-electron chi connectivity index (χ2n) is 3.21.